The fraction of sp³-hybridized carbons (Fsp3) is 0.714. The van der Waals surface area contributed by atoms with Crippen LogP contribution in [0, 0.1) is 10.1 Å². The molecule has 1 aromatic heterocycles. The standard InChI is InChI=1S/C14H22N4O9/c1-16(9(20)6-17-3-2-15-14(17)18(24)25)4-5-26-13-12(23)11(22)10(21)8(7-19)27-13/h2-3,8,10-13,19,21-23H,4-7H2,1H3/t8-,10-,11+,12-,13-/m1/s1. The van der Waals surface area contributed by atoms with Crippen molar-refractivity contribution in [2.45, 2.75) is 37.3 Å². The fourth-order valence-corrected chi connectivity index (χ4v) is 2.50. The number of rotatable bonds is 8. The summed E-state index contributed by atoms with van der Waals surface area (Å²) in [6.07, 6.45) is -4.42. The summed E-state index contributed by atoms with van der Waals surface area (Å²) in [7, 11) is 1.46. The fourth-order valence-electron chi connectivity index (χ4n) is 2.50. The Labute approximate surface area is 153 Å². The zero-order valence-electron chi connectivity index (χ0n) is 14.5. The normalized spacial score (nSPS) is 28.1. The van der Waals surface area contributed by atoms with E-state index in [9.17, 15) is 30.2 Å². The molecule has 2 heterocycles. The van der Waals surface area contributed by atoms with Crippen molar-refractivity contribution in [1.82, 2.24) is 14.5 Å². The molecule has 13 nitrogen and oxygen atoms in total. The SMILES string of the molecule is CN(CCO[C@@H]1O[C@H](CO)[C@@H](O)[C@H](O)[C@H]1O)C(=O)Cn1ccnc1[N+](=O)[O-]. The van der Waals surface area contributed by atoms with Gasteiger partial charge in [0.25, 0.3) is 5.91 Å². The summed E-state index contributed by atoms with van der Waals surface area (Å²) in [5, 5.41) is 49.1. The van der Waals surface area contributed by atoms with Crippen molar-refractivity contribution < 1.29 is 39.6 Å². The van der Waals surface area contributed by atoms with Crippen LogP contribution in [0.1, 0.15) is 0 Å². The summed E-state index contributed by atoms with van der Waals surface area (Å²) >= 11 is 0. The van der Waals surface area contributed by atoms with Crippen LogP contribution in [0.15, 0.2) is 12.4 Å². The predicted molar refractivity (Wildman–Crippen MR) is 86.2 cm³/mol. The van der Waals surface area contributed by atoms with Crippen LogP contribution >= 0.6 is 0 Å². The molecule has 1 aliphatic heterocycles. The number of carbonyl (C=O) groups excluding carboxylic acids is 1. The summed E-state index contributed by atoms with van der Waals surface area (Å²) in [6.45, 7) is -0.882. The van der Waals surface area contributed by atoms with Gasteiger partial charge in [0.05, 0.1) is 13.2 Å². The Morgan fingerprint density at radius 2 is 2.11 bits per heavy atom. The lowest BCUT2D eigenvalue weighted by molar-refractivity contribution is -0.396. The molecule has 0 unspecified atom stereocenters. The molecule has 13 heteroatoms. The van der Waals surface area contributed by atoms with Gasteiger partial charge in [-0.15, -0.1) is 0 Å². The van der Waals surface area contributed by atoms with E-state index in [1.807, 2.05) is 0 Å². The quantitative estimate of drug-likeness (QED) is 0.265. The highest BCUT2D eigenvalue weighted by Crippen LogP contribution is 2.21. The molecule has 0 bridgehead atoms. The second kappa shape index (κ2) is 9.16. The van der Waals surface area contributed by atoms with Crippen molar-refractivity contribution in [3.8, 4) is 0 Å². The number of hydrogen-bond acceptors (Lipinski definition) is 10. The first-order valence-electron chi connectivity index (χ1n) is 8.07. The number of hydrogen-bond donors (Lipinski definition) is 4. The summed E-state index contributed by atoms with van der Waals surface area (Å²) in [4.78, 5) is 27.0. The summed E-state index contributed by atoms with van der Waals surface area (Å²) in [6, 6.07) is 0. The van der Waals surface area contributed by atoms with Crippen molar-refractivity contribution in [3.05, 3.63) is 22.5 Å². The van der Waals surface area contributed by atoms with E-state index in [1.54, 1.807) is 0 Å². The molecule has 0 saturated carbocycles. The van der Waals surface area contributed by atoms with Gasteiger partial charge in [0.15, 0.2) is 12.8 Å². The lowest BCUT2D eigenvalue weighted by atomic mass is 9.99. The smallest absolute Gasteiger partial charge is 0.394 e. The highest BCUT2D eigenvalue weighted by atomic mass is 16.7. The minimum atomic E-state index is -1.55. The maximum absolute atomic E-state index is 12.1. The van der Waals surface area contributed by atoms with Gasteiger partial charge in [-0.1, -0.05) is 4.98 Å². The Hall–Kier alpha value is -2.16. The van der Waals surface area contributed by atoms with Crippen LogP contribution in [0.25, 0.3) is 0 Å². The second-order valence-electron chi connectivity index (χ2n) is 6.00. The van der Waals surface area contributed by atoms with Gasteiger partial charge in [0.2, 0.25) is 0 Å². The number of nitrogens with zero attached hydrogens (tertiary/aromatic N) is 4. The molecular weight excluding hydrogens is 368 g/mol. The summed E-state index contributed by atoms with van der Waals surface area (Å²) < 4.78 is 11.6. The van der Waals surface area contributed by atoms with Gasteiger partial charge in [-0.2, -0.15) is 0 Å². The van der Waals surface area contributed by atoms with E-state index in [0.29, 0.717) is 0 Å². The van der Waals surface area contributed by atoms with Crippen LogP contribution in [0.2, 0.25) is 0 Å². The van der Waals surface area contributed by atoms with E-state index in [-0.39, 0.29) is 19.7 Å². The monoisotopic (exact) mass is 390 g/mol. The Bertz CT molecular complexity index is 652. The Morgan fingerprint density at radius 3 is 2.74 bits per heavy atom. The first-order chi connectivity index (χ1) is 12.8. The molecule has 1 saturated heterocycles. The molecule has 0 aliphatic carbocycles. The number of ether oxygens (including phenoxy) is 2. The van der Waals surface area contributed by atoms with E-state index >= 15 is 0 Å². The third kappa shape index (κ3) is 4.97. The van der Waals surface area contributed by atoms with Gasteiger partial charge in [0.1, 0.15) is 36.8 Å². The van der Waals surface area contributed by atoms with Gasteiger partial charge in [0, 0.05) is 13.6 Å². The molecule has 0 aromatic carbocycles. The second-order valence-corrected chi connectivity index (χ2v) is 6.00. The molecule has 0 spiro atoms. The Balaban J connectivity index is 1.82. The number of aliphatic hydroxyl groups excluding tert-OH is 4. The summed E-state index contributed by atoms with van der Waals surface area (Å²) in [5.41, 5.74) is 0. The molecule has 1 amide bonds. The lowest BCUT2D eigenvalue weighted by Crippen LogP contribution is -2.59. The number of amides is 1. The van der Waals surface area contributed by atoms with Crippen LogP contribution in [0.4, 0.5) is 5.95 Å². The van der Waals surface area contributed by atoms with E-state index in [4.69, 9.17) is 14.6 Å². The average molecular weight is 390 g/mol. The Kier molecular flexibility index (Phi) is 7.18. The van der Waals surface area contributed by atoms with E-state index < -0.39 is 54.1 Å². The molecule has 152 valence electrons. The summed E-state index contributed by atoms with van der Waals surface area (Å²) in [5.74, 6) is -0.886. The van der Waals surface area contributed by atoms with E-state index in [1.165, 1.54) is 24.3 Å². The van der Waals surface area contributed by atoms with Crippen molar-refractivity contribution in [2.24, 2.45) is 0 Å². The topological polar surface area (TPSA) is 181 Å². The molecule has 5 atom stereocenters. The van der Waals surface area contributed by atoms with Gasteiger partial charge < -0.3 is 44.9 Å². The number of likely N-dealkylation sites (N-methyl/N-ethyl adjacent to an activating group) is 1. The number of aromatic nitrogens is 2. The van der Waals surface area contributed by atoms with Crippen LogP contribution in [-0.2, 0) is 20.8 Å². The van der Waals surface area contributed by atoms with Crippen LogP contribution in [0.3, 0.4) is 0 Å². The van der Waals surface area contributed by atoms with Crippen molar-refractivity contribution in [2.75, 3.05) is 26.8 Å². The maximum Gasteiger partial charge on any atom is 0.435 e. The van der Waals surface area contributed by atoms with Gasteiger partial charge in [-0.3, -0.25) is 4.79 Å². The first kappa shape index (κ1) is 21.1. The molecule has 1 aromatic rings. The highest BCUT2D eigenvalue weighted by Gasteiger charge is 2.43. The van der Waals surface area contributed by atoms with E-state index in [2.05, 4.69) is 4.98 Å². The van der Waals surface area contributed by atoms with E-state index in [0.717, 1.165) is 4.57 Å². The van der Waals surface area contributed by atoms with Gasteiger partial charge in [-0.25, -0.2) is 4.57 Å². The molecule has 2 rings (SSSR count). The van der Waals surface area contributed by atoms with Crippen LogP contribution in [-0.4, -0.2) is 103 Å². The minimum absolute atomic E-state index is 0.0658. The Morgan fingerprint density at radius 1 is 1.41 bits per heavy atom. The zero-order chi connectivity index (χ0) is 20.1. The number of nitro groups is 1. The predicted octanol–water partition coefficient (Wildman–Crippen LogP) is -2.93. The van der Waals surface area contributed by atoms with Crippen molar-refractivity contribution in [1.29, 1.82) is 0 Å². The third-order valence-electron chi connectivity index (χ3n) is 4.15. The largest absolute Gasteiger partial charge is 0.435 e. The van der Waals surface area contributed by atoms with Gasteiger partial charge in [-0.05, 0) is 4.92 Å². The highest BCUT2D eigenvalue weighted by molar-refractivity contribution is 5.75. The average Bonchev–Trinajstić information content (AvgIpc) is 3.09. The molecule has 27 heavy (non-hydrogen) atoms. The van der Waals surface area contributed by atoms with Gasteiger partial charge >= 0.3 is 5.95 Å². The molecule has 0 radical (unpaired) electrons. The number of imidazole rings is 1. The first-order valence-corrected chi connectivity index (χ1v) is 8.07. The third-order valence-corrected chi connectivity index (χ3v) is 4.15. The molecule has 1 fully saturated rings. The minimum Gasteiger partial charge on any atom is -0.394 e. The van der Waals surface area contributed by atoms with Crippen molar-refractivity contribution >= 4 is 11.9 Å². The van der Waals surface area contributed by atoms with Crippen LogP contribution < -0.4 is 0 Å². The maximum atomic E-state index is 12.1. The number of carbonyl (C=O) groups is 1. The molecular formula is C14H22N4O9. The van der Waals surface area contributed by atoms with Crippen molar-refractivity contribution in [3.63, 3.8) is 0 Å². The van der Waals surface area contributed by atoms with Crippen LogP contribution in [0.5, 0.6) is 0 Å². The molecule has 4 N–H and O–H groups in total. The lowest BCUT2D eigenvalue weighted by Gasteiger charge is -2.39. The zero-order valence-corrected chi connectivity index (χ0v) is 14.5. The molecule has 1 aliphatic rings. The number of aliphatic hydroxyl groups is 4.